The van der Waals surface area contributed by atoms with Gasteiger partial charge in [-0.2, -0.15) is 0 Å². The first-order chi connectivity index (χ1) is 6.77. The molecular weight excluding hydrogens is 214 g/mol. The van der Waals surface area contributed by atoms with Crippen molar-refractivity contribution in [3.8, 4) is 0 Å². The molecule has 5 heteroatoms. The highest BCUT2D eigenvalue weighted by atomic mass is 32.2. The standard InChI is InChI=1S/C9H20N.CH4O3S/c1-3-4-7-10(2)8-5-6-9-10;1-5(2,3)4/h3-9H2,1-2H3;1H3,(H,2,3,4)/q+1;/p-1. The lowest BCUT2D eigenvalue weighted by Crippen LogP contribution is -2.41. The van der Waals surface area contributed by atoms with Gasteiger partial charge < -0.3 is 9.04 Å². The third-order valence-electron chi connectivity index (χ3n) is 2.70. The minimum absolute atomic E-state index is 0.604. The predicted octanol–water partition coefficient (Wildman–Crippen LogP) is 1.19. The van der Waals surface area contributed by atoms with Crippen molar-refractivity contribution in [2.24, 2.45) is 0 Å². The van der Waals surface area contributed by atoms with Gasteiger partial charge in [-0.25, -0.2) is 8.42 Å². The average molecular weight is 237 g/mol. The van der Waals surface area contributed by atoms with Crippen molar-refractivity contribution in [3.05, 3.63) is 0 Å². The highest BCUT2D eigenvalue weighted by Gasteiger charge is 2.25. The summed E-state index contributed by atoms with van der Waals surface area (Å²) >= 11 is 0. The molecule has 0 spiro atoms. The van der Waals surface area contributed by atoms with Crippen LogP contribution in [-0.4, -0.2) is 50.4 Å². The molecule has 0 radical (unpaired) electrons. The summed E-state index contributed by atoms with van der Waals surface area (Å²) in [5.74, 6) is 0. The van der Waals surface area contributed by atoms with Crippen LogP contribution < -0.4 is 0 Å². The summed E-state index contributed by atoms with van der Waals surface area (Å²) in [6, 6.07) is 0. The maximum absolute atomic E-state index is 9.08. The summed E-state index contributed by atoms with van der Waals surface area (Å²) in [7, 11) is -1.51. The highest BCUT2D eigenvalue weighted by Crippen LogP contribution is 2.16. The van der Waals surface area contributed by atoms with Crippen molar-refractivity contribution in [1.29, 1.82) is 0 Å². The van der Waals surface area contributed by atoms with Crippen molar-refractivity contribution in [2.45, 2.75) is 32.6 Å². The molecule has 0 amide bonds. The highest BCUT2D eigenvalue weighted by molar-refractivity contribution is 7.84. The van der Waals surface area contributed by atoms with E-state index in [1.54, 1.807) is 0 Å². The lowest BCUT2D eigenvalue weighted by Gasteiger charge is -2.28. The van der Waals surface area contributed by atoms with Gasteiger partial charge in [0, 0.05) is 19.1 Å². The lowest BCUT2D eigenvalue weighted by molar-refractivity contribution is -0.897. The normalized spacial score (nSPS) is 19.5. The molecule has 0 aromatic rings. The summed E-state index contributed by atoms with van der Waals surface area (Å²) < 4.78 is 28.6. The number of likely N-dealkylation sites (tertiary alicyclic amines) is 1. The molecule has 15 heavy (non-hydrogen) atoms. The van der Waals surface area contributed by atoms with E-state index in [4.69, 9.17) is 13.0 Å². The Morgan fingerprint density at radius 1 is 1.27 bits per heavy atom. The van der Waals surface area contributed by atoms with Gasteiger partial charge in [0.15, 0.2) is 0 Å². The third kappa shape index (κ3) is 10.2. The second kappa shape index (κ2) is 6.45. The van der Waals surface area contributed by atoms with E-state index in [2.05, 4.69) is 14.0 Å². The van der Waals surface area contributed by atoms with Gasteiger partial charge in [0.2, 0.25) is 0 Å². The molecular formula is C10H23NO3S. The molecule has 1 rings (SSSR count). The summed E-state index contributed by atoms with van der Waals surface area (Å²) in [4.78, 5) is 0. The van der Waals surface area contributed by atoms with Crippen molar-refractivity contribution >= 4 is 10.1 Å². The Balaban J connectivity index is 0.000000336. The summed E-state index contributed by atoms with van der Waals surface area (Å²) in [6.07, 6.45) is 6.29. The van der Waals surface area contributed by atoms with E-state index in [1.807, 2.05) is 0 Å². The van der Waals surface area contributed by atoms with Gasteiger partial charge in [0.05, 0.1) is 36.8 Å². The minimum atomic E-state index is -3.92. The smallest absolute Gasteiger partial charge is 0.0916 e. The van der Waals surface area contributed by atoms with E-state index in [1.165, 1.54) is 49.8 Å². The fourth-order valence-corrected chi connectivity index (χ4v) is 1.86. The van der Waals surface area contributed by atoms with Gasteiger partial charge in [-0.05, 0) is 6.42 Å². The van der Waals surface area contributed by atoms with Crippen molar-refractivity contribution in [3.63, 3.8) is 0 Å². The van der Waals surface area contributed by atoms with Crippen LogP contribution in [0.15, 0.2) is 0 Å². The van der Waals surface area contributed by atoms with E-state index in [0.29, 0.717) is 6.26 Å². The van der Waals surface area contributed by atoms with Crippen LogP contribution >= 0.6 is 0 Å². The third-order valence-corrected chi connectivity index (χ3v) is 2.70. The van der Waals surface area contributed by atoms with E-state index in [9.17, 15) is 0 Å². The van der Waals surface area contributed by atoms with Gasteiger partial charge in [0.1, 0.15) is 0 Å². The first-order valence-corrected chi connectivity index (χ1v) is 7.33. The van der Waals surface area contributed by atoms with E-state index in [0.717, 1.165) is 0 Å². The summed E-state index contributed by atoms with van der Waals surface area (Å²) in [6.45, 7) is 6.55. The van der Waals surface area contributed by atoms with Crippen LogP contribution in [0, 0.1) is 0 Å². The number of nitrogens with zero attached hydrogens (tertiary/aromatic N) is 1. The van der Waals surface area contributed by atoms with Crippen molar-refractivity contribution < 1.29 is 17.5 Å². The predicted molar refractivity (Wildman–Crippen MR) is 60.5 cm³/mol. The maximum Gasteiger partial charge on any atom is 0.0916 e. The van der Waals surface area contributed by atoms with Crippen LogP contribution in [0.25, 0.3) is 0 Å². The molecule has 1 aliphatic heterocycles. The molecule has 0 bridgehead atoms. The Hall–Kier alpha value is -0.130. The molecule has 1 fully saturated rings. The van der Waals surface area contributed by atoms with E-state index < -0.39 is 10.1 Å². The first-order valence-electron chi connectivity index (χ1n) is 5.51. The molecule has 0 aromatic heterocycles. The molecule has 4 nitrogen and oxygen atoms in total. The van der Waals surface area contributed by atoms with Crippen LogP contribution in [0.4, 0.5) is 0 Å². The van der Waals surface area contributed by atoms with E-state index in [-0.39, 0.29) is 0 Å². The Kier molecular flexibility index (Phi) is 6.40. The van der Waals surface area contributed by atoms with Crippen molar-refractivity contribution in [2.75, 3.05) is 32.9 Å². The van der Waals surface area contributed by atoms with Gasteiger partial charge in [0.25, 0.3) is 0 Å². The molecule has 0 aliphatic carbocycles. The molecule has 92 valence electrons. The lowest BCUT2D eigenvalue weighted by atomic mass is 10.3. The number of rotatable bonds is 3. The molecule has 1 aliphatic rings. The van der Waals surface area contributed by atoms with Crippen LogP contribution in [-0.2, 0) is 10.1 Å². The Labute approximate surface area is 93.6 Å². The Morgan fingerprint density at radius 3 is 2.00 bits per heavy atom. The van der Waals surface area contributed by atoms with Gasteiger partial charge in [-0.1, -0.05) is 13.3 Å². The zero-order valence-electron chi connectivity index (χ0n) is 10.0. The van der Waals surface area contributed by atoms with Gasteiger partial charge in [-0.15, -0.1) is 0 Å². The molecule has 1 heterocycles. The molecule has 1 saturated heterocycles. The van der Waals surface area contributed by atoms with Gasteiger partial charge >= 0.3 is 0 Å². The second-order valence-corrected chi connectivity index (χ2v) is 5.96. The van der Waals surface area contributed by atoms with Crippen LogP contribution in [0.1, 0.15) is 32.6 Å². The van der Waals surface area contributed by atoms with Crippen molar-refractivity contribution in [1.82, 2.24) is 0 Å². The molecule has 0 atom stereocenters. The fourth-order valence-electron chi connectivity index (χ4n) is 1.86. The Bertz CT molecular complexity index is 248. The van der Waals surface area contributed by atoms with Crippen LogP contribution in [0.5, 0.6) is 0 Å². The Morgan fingerprint density at radius 2 is 1.67 bits per heavy atom. The largest absolute Gasteiger partial charge is 0.748 e. The number of hydrogen-bond donors (Lipinski definition) is 0. The average Bonchev–Trinajstić information content (AvgIpc) is 2.46. The minimum Gasteiger partial charge on any atom is -0.748 e. The zero-order chi connectivity index (χ0) is 11.9. The summed E-state index contributed by atoms with van der Waals surface area (Å²) in [5.41, 5.74) is 0. The van der Waals surface area contributed by atoms with Gasteiger partial charge in [-0.3, -0.25) is 0 Å². The zero-order valence-corrected chi connectivity index (χ0v) is 10.8. The summed E-state index contributed by atoms with van der Waals surface area (Å²) in [5, 5.41) is 0. The number of hydrogen-bond acceptors (Lipinski definition) is 3. The second-order valence-electron chi connectivity index (χ2n) is 4.56. The fraction of sp³-hybridized carbons (Fsp3) is 1.00. The molecule has 0 saturated carbocycles. The van der Waals surface area contributed by atoms with E-state index >= 15 is 0 Å². The SMILES string of the molecule is CCCC[N+]1(C)CCCC1.CS(=O)(=O)[O-]. The number of unbranched alkanes of at least 4 members (excludes halogenated alkanes) is 1. The quantitative estimate of drug-likeness (QED) is 0.547. The molecule has 0 aromatic carbocycles. The van der Waals surface area contributed by atoms with Crippen LogP contribution in [0.2, 0.25) is 0 Å². The van der Waals surface area contributed by atoms with Crippen LogP contribution in [0.3, 0.4) is 0 Å². The first kappa shape index (κ1) is 14.9. The molecule has 0 N–H and O–H groups in total. The topological polar surface area (TPSA) is 57.2 Å². The monoisotopic (exact) mass is 237 g/mol. The maximum atomic E-state index is 9.08. The molecule has 0 unspecified atom stereocenters. The number of quaternary nitrogens is 1.